The summed E-state index contributed by atoms with van der Waals surface area (Å²) in [4.78, 5) is 9.73. The van der Waals surface area contributed by atoms with Crippen LogP contribution in [0.4, 0.5) is 0 Å². The molecule has 8 heavy (non-hydrogen) atoms. The molecule has 0 rings (SSSR count). The maximum Gasteiger partial charge on any atom is 0.0873 e. The smallest absolute Gasteiger partial charge is 0.0873 e. The van der Waals surface area contributed by atoms with E-state index in [4.69, 9.17) is 0 Å². The Morgan fingerprint density at radius 1 is 1.62 bits per heavy atom. The molecule has 0 saturated carbocycles. The van der Waals surface area contributed by atoms with Crippen LogP contribution in [0.25, 0.3) is 0 Å². The molecular formula is C4H8O3P-. The Labute approximate surface area is 48.1 Å². The number of carboxylic acids is 1. The molecule has 0 atom stereocenters. The summed E-state index contributed by atoms with van der Waals surface area (Å²) in [6.07, 6.45) is -0.313. The van der Waals surface area contributed by atoms with E-state index in [1.165, 1.54) is 13.3 Å². The fourth-order valence-electron chi connectivity index (χ4n) is 0.311. The van der Waals surface area contributed by atoms with E-state index in [9.17, 15) is 14.5 Å². The third kappa shape index (κ3) is 5.70. The van der Waals surface area contributed by atoms with Crippen LogP contribution >= 0.6 is 7.14 Å². The average molecular weight is 135 g/mol. The first-order chi connectivity index (χ1) is 3.42. The van der Waals surface area contributed by atoms with E-state index < -0.39 is 13.1 Å². The highest BCUT2D eigenvalue weighted by Crippen LogP contribution is 2.34. The fraction of sp³-hybridized carbons (Fsp3) is 0.750. The Kier molecular flexibility index (Phi) is 2.23. The van der Waals surface area contributed by atoms with Gasteiger partial charge < -0.3 is 14.5 Å². The minimum atomic E-state index is -2.38. The number of rotatable bonds is 2. The summed E-state index contributed by atoms with van der Waals surface area (Å²) in [5, 5.41) is 9.73. The quantitative estimate of drug-likeness (QED) is 0.473. The van der Waals surface area contributed by atoms with Gasteiger partial charge in [0.2, 0.25) is 0 Å². The molecular weight excluding hydrogens is 127 g/mol. The second-order valence-corrected chi connectivity index (χ2v) is 5.57. The molecule has 48 valence electrons. The standard InChI is InChI=1S/C4H9O3P/c1-8(2,7)3-4(5)6/h3H2,1-2H3,(H,5,6)/p-1. The molecule has 0 radical (unpaired) electrons. The van der Waals surface area contributed by atoms with Crippen molar-refractivity contribution >= 4 is 13.1 Å². The van der Waals surface area contributed by atoms with Crippen LogP contribution in [0.1, 0.15) is 0 Å². The molecule has 3 nitrogen and oxygen atoms in total. The molecule has 0 unspecified atom stereocenters. The molecule has 0 amide bonds. The Hall–Kier alpha value is -0.300. The molecule has 0 aliphatic heterocycles. The lowest BCUT2D eigenvalue weighted by Crippen LogP contribution is -2.25. The molecule has 0 aromatic rings. The lowest BCUT2D eigenvalue weighted by atomic mass is 10.8. The number of hydrogen-bond donors (Lipinski definition) is 0. The third-order valence-electron chi connectivity index (χ3n) is 0.510. The van der Waals surface area contributed by atoms with Crippen LogP contribution in [0.5, 0.6) is 0 Å². The molecule has 0 fully saturated rings. The Morgan fingerprint density at radius 2 is 2.00 bits per heavy atom. The van der Waals surface area contributed by atoms with Gasteiger partial charge in [-0.1, -0.05) is 0 Å². The average Bonchev–Trinajstić information content (AvgIpc) is 1.21. The van der Waals surface area contributed by atoms with Crippen molar-refractivity contribution in [2.75, 3.05) is 19.5 Å². The highest BCUT2D eigenvalue weighted by molar-refractivity contribution is 7.63. The lowest BCUT2D eigenvalue weighted by molar-refractivity contribution is -0.301. The molecule has 0 spiro atoms. The van der Waals surface area contributed by atoms with Gasteiger partial charge in [-0.25, -0.2) is 0 Å². The van der Waals surface area contributed by atoms with Crippen LogP contribution in [-0.2, 0) is 9.36 Å². The predicted molar refractivity (Wildman–Crippen MR) is 29.3 cm³/mol. The van der Waals surface area contributed by atoms with Gasteiger partial charge in [0.15, 0.2) is 0 Å². The van der Waals surface area contributed by atoms with Crippen molar-refractivity contribution in [2.45, 2.75) is 0 Å². The van der Waals surface area contributed by atoms with Crippen molar-refractivity contribution in [2.24, 2.45) is 0 Å². The van der Waals surface area contributed by atoms with Crippen LogP contribution in [0.3, 0.4) is 0 Å². The highest BCUT2D eigenvalue weighted by Gasteiger charge is 2.05. The molecule has 0 aromatic heterocycles. The van der Waals surface area contributed by atoms with Gasteiger partial charge in [0.05, 0.1) is 7.14 Å². The SMILES string of the molecule is CP(C)(=O)CC(=O)[O-]. The van der Waals surface area contributed by atoms with E-state index in [2.05, 4.69) is 0 Å². The molecule has 0 N–H and O–H groups in total. The second kappa shape index (κ2) is 2.31. The zero-order valence-electron chi connectivity index (χ0n) is 4.88. The van der Waals surface area contributed by atoms with Crippen LogP contribution in [-0.4, -0.2) is 25.5 Å². The molecule has 0 bridgehead atoms. The summed E-state index contributed by atoms with van der Waals surface area (Å²) >= 11 is 0. The van der Waals surface area contributed by atoms with Gasteiger partial charge in [0.1, 0.15) is 0 Å². The molecule has 4 heteroatoms. The number of carboxylic acid groups (broad SMARTS) is 1. The minimum Gasteiger partial charge on any atom is -0.550 e. The van der Waals surface area contributed by atoms with Crippen molar-refractivity contribution < 1.29 is 14.5 Å². The van der Waals surface area contributed by atoms with E-state index in [-0.39, 0.29) is 6.16 Å². The zero-order chi connectivity index (χ0) is 6.78. The predicted octanol–water partition coefficient (Wildman–Crippen LogP) is -0.641. The van der Waals surface area contributed by atoms with Crippen molar-refractivity contribution in [3.8, 4) is 0 Å². The Morgan fingerprint density at radius 3 is 2.00 bits per heavy atom. The summed E-state index contributed by atoms with van der Waals surface area (Å²) in [5.41, 5.74) is 0. The first kappa shape index (κ1) is 7.70. The number of carbonyl (C=O) groups is 1. The minimum absolute atomic E-state index is 0.313. The van der Waals surface area contributed by atoms with Crippen LogP contribution in [0, 0.1) is 0 Å². The summed E-state index contributed by atoms with van der Waals surface area (Å²) in [5.74, 6) is -1.24. The summed E-state index contributed by atoms with van der Waals surface area (Å²) in [7, 11) is -2.38. The van der Waals surface area contributed by atoms with Crippen molar-refractivity contribution in [3.63, 3.8) is 0 Å². The van der Waals surface area contributed by atoms with E-state index in [1.807, 2.05) is 0 Å². The summed E-state index contributed by atoms with van der Waals surface area (Å²) in [6.45, 7) is 2.84. The first-order valence-corrected chi connectivity index (χ1v) is 4.94. The Balaban J connectivity index is 3.74. The fourth-order valence-corrected chi connectivity index (χ4v) is 0.933. The second-order valence-electron chi connectivity index (χ2n) is 2.10. The molecule has 0 heterocycles. The van der Waals surface area contributed by atoms with E-state index >= 15 is 0 Å². The van der Waals surface area contributed by atoms with Gasteiger partial charge >= 0.3 is 0 Å². The zero-order valence-corrected chi connectivity index (χ0v) is 5.77. The first-order valence-electron chi connectivity index (χ1n) is 2.16. The summed E-state index contributed by atoms with van der Waals surface area (Å²) < 4.78 is 10.6. The normalized spacial score (nSPS) is 11.2. The van der Waals surface area contributed by atoms with E-state index in [0.29, 0.717) is 0 Å². The monoisotopic (exact) mass is 135 g/mol. The Bertz CT molecular complexity index is 134. The van der Waals surface area contributed by atoms with E-state index in [0.717, 1.165) is 0 Å². The highest BCUT2D eigenvalue weighted by atomic mass is 31.2. The van der Waals surface area contributed by atoms with Gasteiger partial charge in [-0.3, -0.25) is 0 Å². The van der Waals surface area contributed by atoms with Gasteiger partial charge in [0.25, 0.3) is 0 Å². The van der Waals surface area contributed by atoms with Gasteiger partial charge in [-0.15, -0.1) is 0 Å². The maximum atomic E-state index is 10.6. The molecule has 0 aromatic carbocycles. The van der Waals surface area contributed by atoms with Crippen molar-refractivity contribution in [3.05, 3.63) is 0 Å². The summed E-state index contributed by atoms with van der Waals surface area (Å²) in [6, 6.07) is 0. The number of carbonyl (C=O) groups excluding carboxylic acids is 1. The van der Waals surface area contributed by atoms with Gasteiger partial charge in [-0.2, -0.15) is 0 Å². The molecule has 0 saturated heterocycles. The van der Waals surface area contributed by atoms with Gasteiger partial charge in [0, 0.05) is 12.1 Å². The topological polar surface area (TPSA) is 57.2 Å². The van der Waals surface area contributed by atoms with Crippen LogP contribution < -0.4 is 5.11 Å². The maximum absolute atomic E-state index is 10.6. The largest absolute Gasteiger partial charge is 0.550 e. The lowest BCUT2D eigenvalue weighted by Gasteiger charge is -2.04. The van der Waals surface area contributed by atoms with Crippen LogP contribution in [0.2, 0.25) is 0 Å². The third-order valence-corrected chi connectivity index (χ3v) is 1.53. The van der Waals surface area contributed by atoms with Gasteiger partial charge in [-0.05, 0) is 13.3 Å². The van der Waals surface area contributed by atoms with Crippen molar-refractivity contribution in [1.82, 2.24) is 0 Å². The van der Waals surface area contributed by atoms with Crippen LogP contribution in [0.15, 0.2) is 0 Å². The van der Waals surface area contributed by atoms with Crippen molar-refractivity contribution in [1.29, 1.82) is 0 Å². The van der Waals surface area contributed by atoms with E-state index in [1.54, 1.807) is 0 Å². The molecule has 0 aliphatic rings. The molecule has 0 aliphatic carbocycles. The number of aliphatic carboxylic acids is 1. The number of hydrogen-bond acceptors (Lipinski definition) is 3.